The van der Waals surface area contributed by atoms with Crippen LogP contribution in [-0.4, -0.2) is 57.9 Å². The van der Waals surface area contributed by atoms with Gasteiger partial charge in [0, 0.05) is 26.2 Å². The molecular weight excluding hydrogens is 266 g/mol. The molecular formula is C16H27N3O2. The summed E-state index contributed by atoms with van der Waals surface area (Å²) >= 11 is 0. The molecule has 0 spiro atoms. The lowest BCUT2D eigenvalue weighted by molar-refractivity contribution is 0.0384. The molecule has 0 saturated carbocycles. The van der Waals surface area contributed by atoms with Crippen LogP contribution in [-0.2, 0) is 11.2 Å². The molecule has 0 bridgehead atoms. The van der Waals surface area contributed by atoms with E-state index in [4.69, 9.17) is 15.2 Å². The fourth-order valence-electron chi connectivity index (χ4n) is 2.54. The van der Waals surface area contributed by atoms with Gasteiger partial charge in [0.2, 0.25) is 0 Å². The van der Waals surface area contributed by atoms with E-state index in [1.807, 2.05) is 12.1 Å². The molecule has 1 saturated heterocycles. The number of benzene rings is 1. The number of anilines is 1. The SMILES string of the molecule is COc1ccc(CCCNCCN2CCOCC2)cc1N. The van der Waals surface area contributed by atoms with Gasteiger partial charge >= 0.3 is 0 Å². The van der Waals surface area contributed by atoms with Crippen molar-refractivity contribution in [2.75, 3.05) is 58.8 Å². The minimum atomic E-state index is 0.718. The van der Waals surface area contributed by atoms with Crippen molar-refractivity contribution in [2.24, 2.45) is 0 Å². The molecule has 21 heavy (non-hydrogen) atoms. The Morgan fingerprint density at radius 1 is 1.29 bits per heavy atom. The van der Waals surface area contributed by atoms with Gasteiger partial charge in [-0.3, -0.25) is 4.90 Å². The van der Waals surface area contributed by atoms with Crippen LogP contribution in [0.2, 0.25) is 0 Å². The Morgan fingerprint density at radius 3 is 2.81 bits per heavy atom. The zero-order valence-corrected chi connectivity index (χ0v) is 12.9. The Morgan fingerprint density at radius 2 is 2.10 bits per heavy atom. The summed E-state index contributed by atoms with van der Waals surface area (Å²) in [5.74, 6) is 0.752. The predicted octanol–water partition coefficient (Wildman–Crippen LogP) is 1.13. The maximum atomic E-state index is 5.91. The van der Waals surface area contributed by atoms with Crippen LogP contribution in [0, 0.1) is 0 Å². The number of methoxy groups -OCH3 is 1. The topological polar surface area (TPSA) is 59.8 Å². The van der Waals surface area contributed by atoms with Crippen LogP contribution in [0.25, 0.3) is 0 Å². The molecule has 0 aromatic heterocycles. The lowest BCUT2D eigenvalue weighted by Gasteiger charge is -2.26. The van der Waals surface area contributed by atoms with Gasteiger partial charge in [0.05, 0.1) is 26.0 Å². The van der Waals surface area contributed by atoms with E-state index in [0.717, 1.165) is 70.2 Å². The quantitative estimate of drug-likeness (QED) is 0.556. The van der Waals surface area contributed by atoms with Crippen LogP contribution in [0.1, 0.15) is 12.0 Å². The van der Waals surface area contributed by atoms with Crippen molar-refractivity contribution in [3.63, 3.8) is 0 Å². The first-order chi connectivity index (χ1) is 10.3. The number of aryl methyl sites for hydroxylation is 1. The van der Waals surface area contributed by atoms with E-state index in [2.05, 4.69) is 16.3 Å². The third-order valence-electron chi connectivity index (χ3n) is 3.82. The standard InChI is InChI=1S/C16H27N3O2/c1-20-16-5-4-14(13-15(16)17)3-2-6-18-7-8-19-9-11-21-12-10-19/h4-5,13,18H,2-3,6-12,17H2,1H3. The highest BCUT2D eigenvalue weighted by Crippen LogP contribution is 2.22. The number of hydrogen-bond acceptors (Lipinski definition) is 5. The summed E-state index contributed by atoms with van der Waals surface area (Å²) in [4.78, 5) is 2.45. The molecule has 1 heterocycles. The first kappa shape index (κ1) is 16.1. The van der Waals surface area contributed by atoms with E-state index in [-0.39, 0.29) is 0 Å². The lowest BCUT2D eigenvalue weighted by Crippen LogP contribution is -2.40. The first-order valence-electron chi connectivity index (χ1n) is 7.73. The fraction of sp³-hybridized carbons (Fsp3) is 0.625. The second-order valence-electron chi connectivity index (χ2n) is 5.38. The maximum absolute atomic E-state index is 5.91. The van der Waals surface area contributed by atoms with Gasteiger partial charge in [0.25, 0.3) is 0 Å². The Hall–Kier alpha value is -1.30. The van der Waals surface area contributed by atoms with Gasteiger partial charge < -0.3 is 20.5 Å². The van der Waals surface area contributed by atoms with Crippen molar-refractivity contribution in [3.8, 4) is 5.75 Å². The van der Waals surface area contributed by atoms with Crippen LogP contribution in [0.5, 0.6) is 5.75 Å². The largest absolute Gasteiger partial charge is 0.495 e. The minimum absolute atomic E-state index is 0.718. The van der Waals surface area contributed by atoms with Gasteiger partial charge in [-0.2, -0.15) is 0 Å². The van der Waals surface area contributed by atoms with E-state index in [9.17, 15) is 0 Å². The average Bonchev–Trinajstić information content (AvgIpc) is 2.52. The summed E-state index contributed by atoms with van der Waals surface area (Å²) in [7, 11) is 1.64. The molecule has 3 N–H and O–H groups in total. The highest BCUT2D eigenvalue weighted by molar-refractivity contribution is 5.54. The number of nitrogens with one attached hydrogen (secondary N) is 1. The van der Waals surface area contributed by atoms with E-state index in [0.29, 0.717) is 0 Å². The van der Waals surface area contributed by atoms with Crippen molar-refractivity contribution < 1.29 is 9.47 Å². The second-order valence-corrected chi connectivity index (χ2v) is 5.38. The van der Waals surface area contributed by atoms with Gasteiger partial charge in [0.1, 0.15) is 5.75 Å². The van der Waals surface area contributed by atoms with E-state index in [1.165, 1.54) is 5.56 Å². The molecule has 0 amide bonds. The summed E-state index contributed by atoms with van der Waals surface area (Å²) in [5.41, 5.74) is 7.89. The van der Waals surface area contributed by atoms with Gasteiger partial charge in [-0.15, -0.1) is 0 Å². The monoisotopic (exact) mass is 293 g/mol. The number of ether oxygens (including phenoxy) is 2. The number of nitrogens with zero attached hydrogens (tertiary/aromatic N) is 1. The molecule has 118 valence electrons. The molecule has 0 aliphatic carbocycles. The van der Waals surface area contributed by atoms with Crippen LogP contribution >= 0.6 is 0 Å². The zero-order valence-electron chi connectivity index (χ0n) is 12.9. The van der Waals surface area contributed by atoms with Crippen molar-refractivity contribution in [1.82, 2.24) is 10.2 Å². The van der Waals surface area contributed by atoms with E-state index in [1.54, 1.807) is 7.11 Å². The summed E-state index contributed by atoms with van der Waals surface area (Å²) in [5, 5.41) is 3.50. The van der Waals surface area contributed by atoms with Crippen LogP contribution < -0.4 is 15.8 Å². The summed E-state index contributed by atoms with van der Waals surface area (Å²) in [6.07, 6.45) is 2.16. The molecule has 0 atom stereocenters. The Kier molecular flexibility index (Phi) is 6.79. The molecule has 1 fully saturated rings. The molecule has 1 aromatic rings. The number of hydrogen-bond donors (Lipinski definition) is 2. The first-order valence-corrected chi connectivity index (χ1v) is 7.73. The number of rotatable bonds is 8. The van der Waals surface area contributed by atoms with Gasteiger partial charge in [0.15, 0.2) is 0 Å². The second kappa shape index (κ2) is 8.87. The van der Waals surface area contributed by atoms with Crippen molar-refractivity contribution in [2.45, 2.75) is 12.8 Å². The summed E-state index contributed by atoms with van der Waals surface area (Å²) in [6.45, 7) is 7.07. The minimum Gasteiger partial charge on any atom is -0.495 e. The Bertz CT molecular complexity index is 420. The van der Waals surface area contributed by atoms with Crippen LogP contribution in [0.4, 0.5) is 5.69 Å². The Balaban J connectivity index is 1.56. The molecule has 1 aromatic carbocycles. The third kappa shape index (κ3) is 5.53. The molecule has 2 rings (SSSR count). The maximum Gasteiger partial charge on any atom is 0.141 e. The number of nitrogen functional groups attached to an aromatic ring is 1. The molecule has 1 aliphatic rings. The zero-order chi connectivity index (χ0) is 14.9. The van der Waals surface area contributed by atoms with Crippen molar-refractivity contribution in [1.29, 1.82) is 0 Å². The van der Waals surface area contributed by atoms with Crippen molar-refractivity contribution >= 4 is 5.69 Å². The summed E-state index contributed by atoms with van der Waals surface area (Å²) in [6, 6.07) is 6.03. The molecule has 5 heteroatoms. The highest BCUT2D eigenvalue weighted by Gasteiger charge is 2.08. The fourth-order valence-corrected chi connectivity index (χ4v) is 2.54. The Labute approximate surface area is 127 Å². The molecule has 0 radical (unpaired) electrons. The predicted molar refractivity (Wildman–Crippen MR) is 85.9 cm³/mol. The van der Waals surface area contributed by atoms with Crippen LogP contribution in [0.3, 0.4) is 0 Å². The van der Waals surface area contributed by atoms with E-state index >= 15 is 0 Å². The third-order valence-corrected chi connectivity index (χ3v) is 3.82. The molecule has 1 aliphatic heterocycles. The van der Waals surface area contributed by atoms with Gasteiger partial charge in [-0.25, -0.2) is 0 Å². The van der Waals surface area contributed by atoms with Gasteiger partial charge in [-0.1, -0.05) is 6.07 Å². The molecule has 0 unspecified atom stereocenters. The molecule has 5 nitrogen and oxygen atoms in total. The summed E-state index contributed by atoms with van der Waals surface area (Å²) < 4.78 is 10.5. The highest BCUT2D eigenvalue weighted by atomic mass is 16.5. The van der Waals surface area contributed by atoms with Crippen LogP contribution in [0.15, 0.2) is 18.2 Å². The lowest BCUT2D eigenvalue weighted by atomic mass is 10.1. The average molecular weight is 293 g/mol. The number of nitrogens with two attached hydrogens (primary N) is 1. The normalized spacial score (nSPS) is 16.0. The number of morpholine rings is 1. The van der Waals surface area contributed by atoms with Gasteiger partial charge in [-0.05, 0) is 37.1 Å². The smallest absolute Gasteiger partial charge is 0.141 e. The van der Waals surface area contributed by atoms with E-state index < -0.39 is 0 Å². The van der Waals surface area contributed by atoms with Crippen molar-refractivity contribution in [3.05, 3.63) is 23.8 Å².